The average Bonchev–Trinajstić information content (AvgIpc) is 2.52. The molecule has 1 amide bonds. The van der Waals surface area contributed by atoms with E-state index in [0.717, 1.165) is 16.9 Å². The standard InChI is InChI=1S/C17H20N2OS/c1-3-21-12-16(20)19-17(15-8-10-18-11-9-15)14-6-4-13(2)5-7-14/h4-11,17H,3,12H2,1-2H3,(H,19,20)/t17-/m0/s1. The summed E-state index contributed by atoms with van der Waals surface area (Å²) in [4.78, 5) is 16.1. The predicted molar refractivity (Wildman–Crippen MR) is 88.4 cm³/mol. The van der Waals surface area contributed by atoms with Gasteiger partial charge in [0, 0.05) is 12.4 Å². The first-order valence-electron chi connectivity index (χ1n) is 7.04. The Morgan fingerprint density at radius 1 is 1.14 bits per heavy atom. The van der Waals surface area contributed by atoms with Crippen LogP contribution in [0, 0.1) is 6.92 Å². The molecule has 110 valence electrons. The van der Waals surface area contributed by atoms with Crippen LogP contribution in [0.25, 0.3) is 0 Å². The SMILES string of the molecule is CCSCC(=O)N[C@H](c1ccncc1)c1ccc(C)cc1. The number of amides is 1. The van der Waals surface area contributed by atoms with Crippen molar-refractivity contribution in [1.29, 1.82) is 0 Å². The number of hydrogen-bond donors (Lipinski definition) is 1. The third kappa shape index (κ3) is 4.60. The van der Waals surface area contributed by atoms with Gasteiger partial charge in [0.05, 0.1) is 11.8 Å². The van der Waals surface area contributed by atoms with E-state index in [-0.39, 0.29) is 11.9 Å². The number of rotatable bonds is 6. The number of carbonyl (C=O) groups excluding carboxylic acids is 1. The fraction of sp³-hybridized carbons (Fsp3) is 0.294. The van der Waals surface area contributed by atoms with Crippen molar-refractivity contribution in [3.63, 3.8) is 0 Å². The average molecular weight is 300 g/mol. The van der Waals surface area contributed by atoms with Crippen molar-refractivity contribution in [3.8, 4) is 0 Å². The molecular formula is C17H20N2OS. The van der Waals surface area contributed by atoms with Gasteiger partial charge in [-0.1, -0.05) is 36.8 Å². The number of nitrogens with zero attached hydrogens (tertiary/aromatic N) is 1. The highest BCUT2D eigenvalue weighted by atomic mass is 32.2. The molecular weight excluding hydrogens is 280 g/mol. The van der Waals surface area contributed by atoms with Crippen LogP contribution in [0.5, 0.6) is 0 Å². The maximum atomic E-state index is 12.1. The Balaban J connectivity index is 2.22. The normalized spacial score (nSPS) is 11.9. The second-order valence-corrected chi connectivity index (χ2v) is 6.10. The minimum atomic E-state index is -0.126. The Kier molecular flexibility index (Phi) is 5.81. The molecule has 0 aliphatic rings. The second kappa shape index (κ2) is 7.84. The van der Waals surface area contributed by atoms with Gasteiger partial charge in [0.25, 0.3) is 0 Å². The Morgan fingerprint density at radius 2 is 1.76 bits per heavy atom. The Hall–Kier alpha value is -1.81. The van der Waals surface area contributed by atoms with E-state index < -0.39 is 0 Å². The van der Waals surface area contributed by atoms with Gasteiger partial charge in [0.1, 0.15) is 0 Å². The van der Waals surface area contributed by atoms with Crippen LogP contribution in [0.3, 0.4) is 0 Å². The molecule has 0 saturated carbocycles. The molecule has 1 aromatic carbocycles. The van der Waals surface area contributed by atoms with E-state index in [1.165, 1.54) is 5.56 Å². The van der Waals surface area contributed by atoms with Crippen molar-refractivity contribution in [3.05, 3.63) is 65.5 Å². The smallest absolute Gasteiger partial charge is 0.230 e. The quantitative estimate of drug-likeness (QED) is 0.889. The molecule has 0 radical (unpaired) electrons. The van der Waals surface area contributed by atoms with Crippen LogP contribution in [0.15, 0.2) is 48.8 Å². The molecule has 1 heterocycles. The fourth-order valence-corrected chi connectivity index (χ4v) is 2.54. The fourth-order valence-electron chi connectivity index (χ4n) is 2.07. The van der Waals surface area contributed by atoms with Crippen molar-refractivity contribution in [2.75, 3.05) is 11.5 Å². The summed E-state index contributed by atoms with van der Waals surface area (Å²) in [5.41, 5.74) is 3.34. The number of nitrogens with one attached hydrogen (secondary N) is 1. The first-order valence-corrected chi connectivity index (χ1v) is 8.19. The number of carbonyl (C=O) groups is 1. The molecule has 4 heteroatoms. The zero-order chi connectivity index (χ0) is 15.1. The van der Waals surface area contributed by atoms with Gasteiger partial charge >= 0.3 is 0 Å². The zero-order valence-electron chi connectivity index (χ0n) is 12.4. The molecule has 1 atom stereocenters. The number of benzene rings is 1. The third-order valence-corrected chi connectivity index (χ3v) is 4.07. The summed E-state index contributed by atoms with van der Waals surface area (Å²) in [7, 11) is 0. The molecule has 3 nitrogen and oxygen atoms in total. The van der Waals surface area contributed by atoms with Gasteiger partial charge in [0.2, 0.25) is 5.91 Å². The molecule has 1 aromatic heterocycles. The van der Waals surface area contributed by atoms with Gasteiger partial charge in [-0.15, -0.1) is 0 Å². The first-order chi connectivity index (χ1) is 10.2. The Morgan fingerprint density at radius 3 is 2.38 bits per heavy atom. The lowest BCUT2D eigenvalue weighted by Crippen LogP contribution is -2.30. The molecule has 21 heavy (non-hydrogen) atoms. The number of aromatic nitrogens is 1. The molecule has 0 saturated heterocycles. The molecule has 0 fully saturated rings. The first kappa shape index (κ1) is 15.6. The molecule has 0 aliphatic heterocycles. The predicted octanol–water partition coefficient (Wildman–Crippen LogP) is 3.35. The molecule has 1 N–H and O–H groups in total. The van der Waals surface area contributed by atoms with Crippen molar-refractivity contribution in [1.82, 2.24) is 10.3 Å². The highest BCUT2D eigenvalue weighted by Crippen LogP contribution is 2.22. The molecule has 0 bridgehead atoms. The molecule has 0 unspecified atom stereocenters. The largest absolute Gasteiger partial charge is 0.344 e. The van der Waals surface area contributed by atoms with E-state index in [1.54, 1.807) is 24.2 Å². The molecule has 2 aromatic rings. The molecule has 0 spiro atoms. The molecule has 2 rings (SSSR count). The zero-order valence-corrected chi connectivity index (χ0v) is 13.2. The topological polar surface area (TPSA) is 42.0 Å². The minimum Gasteiger partial charge on any atom is -0.344 e. The number of pyridine rings is 1. The van der Waals surface area contributed by atoms with E-state index in [0.29, 0.717) is 5.75 Å². The summed E-state index contributed by atoms with van der Waals surface area (Å²) in [6.07, 6.45) is 3.51. The molecule has 0 aliphatic carbocycles. The van der Waals surface area contributed by atoms with Gasteiger partial charge in [-0.3, -0.25) is 9.78 Å². The van der Waals surface area contributed by atoms with Crippen molar-refractivity contribution in [2.24, 2.45) is 0 Å². The highest BCUT2D eigenvalue weighted by molar-refractivity contribution is 7.99. The van der Waals surface area contributed by atoms with Crippen LogP contribution >= 0.6 is 11.8 Å². The van der Waals surface area contributed by atoms with Crippen LogP contribution in [0.4, 0.5) is 0 Å². The van der Waals surface area contributed by atoms with E-state index in [1.807, 2.05) is 12.1 Å². The summed E-state index contributed by atoms with van der Waals surface area (Å²) in [5.74, 6) is 1.49. The van der Waals surface area contributed by atoms with E-state index >= 15 is 0 Å². The maximum Gasteiger partial charge on any atom is 0.230 e. The van der Waals surface area contributed by atoms with Crippen LogP contribution in [-0.4, -0.2) is 22.4 Å². The van der Waals surface area contributed by atoms with Gasteiger partial charge in [-0.05, 0) is 35.9 Å². The van der Waals surface area contributed by atoms with Crippen molar-refractivity contribution >= 4 is 17.7 Å². The van der Waals surface area contributed by atoms with Crippen molar-refractivity contribution in [2.45, 2.75) is 19.9 Å². The number of thioether (sulfide) groups is 1. The lowest BCUT2D eigenvalue weighted by Gasteiger charge is -2.20. The van der Waals surface area contributed by atoms with Gasteiger partial charge in [0.15, 0.2) is 0 Å². The van der Waals surface area contributed by atoms with Crippen LogP contribution < -0.4 is 5.32 Å². The summed E-state index contributed by atoms with van der Waals surface area (Å²) in [5, 5.41) is 3.12. The number of aryl methyl sites for hydroxylation is 1. The lowest BCUT2D eigenvalue weighted by atomic mass is 9.98. The van der Waals surface area contributed by atoms with Crippen LogP contribution in [0.2, 0.25) is 0 Å². The highest BCUT2D eigenvalue weighted by Gasteiger charge is 2.16. The number of hydrogen-bond acceptors (Lipinski definition) is 3. The van der Waals surface area contributed by atoms with Crippen molar-refractivity contribution < 1.29 is 4.79 Å². The summed E-state index contributed by atoms with van der Waals surface area (Å²) >= 11 is 1.63. The lowest BCUT2D eigenvalue weighted by molar-refractivity contribution is -0.119. The second-order valence-electron chi connectivity index (χ2n) is 4.83. The Labute approximate surface area is 130 Å². The third-order valence-electron chi connectivity index (χ3n) is 3.19. The van der Waals surface area contributed by atoms with Crippen LogP contribution in [0.1, 0.15) is 29.7 Å². The Bertz CT molecular complexity index is 569. The summed E-state index contributed by atoms with van der Waals surface area (Å²) in [6.45, 7) is 4.11. The summed E-state index contributed by atoms with van der Waals surface area (Å²) < 4.78 is 0. The van der Waals surface area contributed by atoms with Crippen LogP contribution in [-0.2, 0) is 4.79 Å². The van der Waals surface area contributed by atoms with E-state index in [4.69, 9.17) is 0 Å². The van der Waals surface area contributed by atoms with E-state index in [2.05, 4.69) is 48.4 Å². The minimum absolute atomic E-state index is 0.0595. The monoisotopic (exact) mass is 300 g/mol. The van der Waals surface area contributed by atoms with Gasteiger partial charge in [-0.25, -0.2) is 0 Å². The van der Waals surface area contributed by atoms with Gasteiger partial charge in [-0.2, -0.15) is 11.8 Å². The summed E-state index contributed by atoms with van der Waals surface area (Å²) in [6, 6.07) is 12.0. The van der Waals surface area contributed by atoms with Gasteiger partial charge < -0.3 is 5.32 Å². The maximum absolute atomic E-state index is 12.1. The van der Waals surface area contributed by atoms with E-state index in [9.17, 15) is 4.79 Å².